The van der Waals surface area contributed by atoms with Crippen molar-refractivity contribution in [2.45, 2.75) is 0 Å². The van der Waals surface area contributed by atoms with Crippen LogP contribution in [0.25, 0.3) is 0 Å². The van der Waals surface area contributed by atoms with Gasteiger partial charge in [-0.1, -0.05) is 0 Å². The van der Waals surface area contributed by atoms with E-state index in [2.05, 4.69) is 25.8 Å². The van der Waals surface area contributed by atoms with Gasteiger partial charge in [0, 0.05) is 5.56 Å². The molecule has 9 heteroatoms. The molecule has 0 fully saturated rings. The highest BCUT2D eigenvalue weighted by Gasteiger charge is 2.07. The summed E-state index contributed by atoms with van der Waals surface area (Å²) in [6.45, 7) is 0. The van der Waals surface area contributed by atoms with Crippen LogP contribution in [0.2, 0.25) is 10.6 Å². The monoisotopic (exact) mass is 313 g/mol. The number of carbonyl (C=O) groups excluding carboxylic acids is 1. The lowest BCUT2D eigenvalue weighted by atomic mass is 10.2. The maximum atomic E-state index is 11.8. The minimum absolute atomic E-state index is 0.0388. The summed E-state index contributed by atoms with van der Waals surface area (Å²) in [5.74, 6) is 0.322. The van der Waals surface area contributed by atoms with Gasteiger partial charge in [-0.2, -0.15) is 15.0 Å². The molecule has 104 valence electrons. The van der Waals surface area contributed by atoms with Gasteiger partial charge in [-0.15, -0.1) is 0 Å². The average Bonchev–Trinajstić information content (AvgIpc) is 2.44. The van der Waals surface area contributed by atoms with Gasteiger partial charge >= 0.3 is 0 Å². The topological polar surface area (TPSA) is 89.0 Å². The molecule has 1 aromatic carbocycles. The first-order chi connectivity index (χ1) is 9.58. The van der Waals surface area contributed by atoms with Crippen LogP contribution in [0.5, 0.6) is 5.75 Å². The number of nitrogens with zero attached hydrogens (tertiary/aromatic N) is 3. The van der Waals surface area contributed by atoms with Crippen molar-refractivity contribution in [2.75, 3.05) is 12.5 Å². The number of benzene rings is 1. The van der Waals surface area contributed by atoms with Gasteiger partial charge < -0.3 is 4.74 Å². The summed E-state index contributed by atoms with van der Waals surface area (Å²) >= 11 is 11.2. The Morgan fingerprint density at radius 1 is 1.10 bits per heavy atom. The highest BCUT2D eigenvalue weighted by Crippen LogP contribution is 2.11. The summed E-state index contributed by atoms with van der Waals surface area (Å²) in [7, 11) is 1.55. The summed E-state index contributed by atoms with van der Waals surface area (Å²) in [6.07, 6.45) is 0. The van der Waals surface area contributed by atoms with E-state index in [0.717, 1.165) is 0 Å². The Balaban J connectivity index is 2.00. The Labute approximate surface area is 124 Å². The molecule has 2 rings (SSSR count). The Bertz CT molecular complexity index is 600. The number of hydrogen-bond acceptors (Lipinski definition) is 6. The zero-order valence-electron chi connectivity index (χ0n) is 10.2. The third-order valence-electron chi connectivity index (χ3n) is 2.22. The normalized spacial score (nSPS) is 9.95. The first kappa shape index (κ1) is 14.3. The van der Waals surface area contributed by atoms with Gasteiger partial charge in [-0.05, 0) is 47.5 Å². The van der Waals surface area contributed by atoms with Crippen molar-refractivity contribution in [3.05, 3.63) is 40.4 Å². The number of hydrazine groups is 1. The first-order valence-corrected chi connectivity index (χ1v) is 6.11. The van der Waals surface area contributed by atoms with E-state index >= 15 is 0 Å². The Kier molecular flexibility index (Phi) is 4.54. The molecule has 20 heavy (non-hydrogen) atoms. The molecule has 0 radical (unpaired) electrons. The molecular weight excluding hydrogens is 305 g/mol. The molecule has 0 unspecified atom stereocenters. The van der Waals surface area contributed by atoms with Crippen LogP contribution in [0.4, 0.5) is 5.95 Å². The zero-order chi connectivity index (χ0) is 14.5. The summed E-state index contributed by atoms with van der Waals surface area (Å²) in [6, 6.07) is 6.57. The van der Waals surface area contributed by atoms with Gasteiger partial charge in [0.2, 0.25) is 16.5 Å². The molecule has 1 aromatic heterocycles. The maximum Gasteiger partial charge on any atom is 0.269 e. The molecule has 0 saturated heterocycles. The van der Waals surface area contributed by atoms with Gasteiger partial charge in [0.1, 0.15) is 5.75 Å². The van der Waals surface area contributed by atoms with Crippen LogP contribution in [0.1, 0.15) is 10.4 Å². The molecular formula is C11H9Cl2N5O2. The van der Waals surface area contributed by atoms with E-state index in [0.29, 0.717) is 11.3 Å². The molecule has 1 heterocycles. The minimum atomic E-state index is -0.375. The van der Waals surface area contributed by atoms with Crippen molar-refractivity contribution in [3.63, 3.8) is 0 Å². The van der Waals surface area contributed by atoms with Crippen LogP contribution in [0, 0.1) is 0 Å². The van der Waals surface area contributed by atoms with E-state index in [1.807, 2.05) is 0 Å². The maximum absolute atomic E-state index is 11.8. The standard InChI is InChI=1S/C11H9Cl2N5O2/c1-20-7-4-2-6(3-5-7)8(19)17-18-11-15-9(12)14-10(13)16-11/h2-5H,1H3,(H,17,19)(H,14,15,16,18). The van der Waals surface area contributed by atoms with Crippen LogP contribution >= 0.6 is 23.2 Å². The summed E-state index contributed by atoms with van der Waals surface area (Å²) < 4.78 is 5.00. The smallest absolute Gasteiger partial charge is 0.269 e. The third kappa shape index (κ3) is 3.69. The fourth-order valence-electron chi connectivity index (χ4n) is 1.31. The minimum Gasteiger partial charge on any atom is -0.497 e. The quantitative estimate of drug-likeness (QED) is 0.839. The zero-order valence-corrected chi connectivity index (χ0v) is 11.7. The Hall–Kier alpha value is -2.12. The summed E-state index contributed by atoms with van der Waals surface area (Å²) in [5.41, 5.74) is 5.33. The number of nitrogens with one attached hydrogen (secondary N) is 2. The van der Waals surface area contributed by atoms with E-state index in [9.17, 15) is 4.79 Å². The number of halogens is 2. The number of carbonyl (C=O) groups is 1. The molecule has 1 amide bonds. The number of amides is 1. The van der Waals surface area contributed by atoms with Gasteiger partial charge in [-0.3, -0.25) is 15.6 Å². The van der Waals surface area contributed by atoms with Crippen molar-refractivity contribution in [3.8, 4) is 5.75 Å². The van der Waals surface area contributed by atoms with Crippen molar-refractivity contribution < 1.29 is 9.53 Å². The predicted octanol–water partition coefficient (Wildman–Crippen LogP) is 1.94. The molecule has 2 aromatic rings. The van der Waals surface area contributed by atoms with E-state index < -0.39 is 0 Å². The van der Waals surface area contributed by atoms with Gasteiger partial charge in [-0.25, -0.2) is 0 Å². The Morgan fingerprint density at radius 2 is 1.70 bits per heavy atom. The number of rotatable bonds is 4. The second-order valence-electron chi connectivity index (χ2n) is 3.50. The molecule has 7 nitrogen and oxygen atoms in total. The first-order valence-electron chi connectivity index (χ1n) is 5.36. The number of aromatic nitrogens is 3. The lowest BCUT2D eigenvalue weighted by molar-refractivity contribution is 0.0962. The lowest BCUT2D eigenvalue weighted by Gasteiger charge is -2.07. The highest BCUT2D eigenvalue weighted by molar-refractivity contribution is 6.31. The van der Waals surface area contributed by atoms with E-state index in [4.69, 9.17) is 27.9 Å². The number of hydrogen-bond donors (Lipinski definition) is 2. The number of ether oxygens (including phenoxy) is 1. The highest BCUT2D eigenvalue weighted by atomic mass is 35.5. The van der Waals surface area contributed by atoms with Crippen LogP contribution in [0.3, 0.4) is 0 Å². The molecule has 0 aliphatic carbocycles. The SMILES string of the molecule is COc1ccc(C(=O)NNc2nc(Cl)nc(Cl)n2)cc1. The molecule has 0 saturated carbocycles. The summed E-state index contributed by atoms with van der Waals surface area (Å²) in [5, 5.41) is -0.155. The molecule has 0 atom stereocenters. The average molecular weight is 314 g/mol. The predicted molar refractivity (Wildman–Crippen MR) is 73.9 cm³/mol. The number of methoxy groups -OCH3 is 1. The van der Waals surface area contributed by atoms with Crippen molar-refractivity contribution in [1.29, 1.82) is 0 Å². The molecule has 0 spiro atoms. The van der Waals surface area contributed by atoms with E-state index in [1.165, 1.54) is 0 Å². The summed E-state index contributed by atoms with van der Waals surface area (Å²) in [4.78, 5) is 22.9. The van der Waals surface area contributed by atoms with Crippen molar-refractivity contribution in [2.24, 2.45) is 0 Å². The molecule has 0 aliphatic rings. The van der Waals surface area contributed by atoms with Gasteiger partial charge in [0.25, 0.3) is 5.91 Å². The second-order valence-corrected chi connectivity index (χ2v) is 4.18. The Morgan fingerprint density at radius 3 is 2.25 bits per heavy atom. The third-order valence-corrected chi connectivity index (χ3v) is 2.56. The molecule has 2 N–H and O–H groups in total. The van der Waals surface area contributed by atoms with Gasteiger partial charge in [0.05, 0.1) is 7.11 Å². The lowest BCUT2D eigenvalue weighted by Crippen LogP contribution is -2.30. The van der Waals surface area contributed by atoms with E-state index in [-0.39, 0.29) is 22.4 Å². The largest absolute Gasteiger partial charge is 0.497 e. The molecule has 0 aliphatic heterocycles. The molecule has 0 bridgehead atoms. The van der Waals surface area contributed by atoms with Crippen LogP contribution in [-0.4, -0.2) is 28.0 Å². The van der Waals surface area contributed by atoms with Gasteiger partial charge in [0.15, 0.2) is 0 Å². The van der Waals surface area contributed by atoms with Crippen molar-refractivity contribution in [1.82, 2.24) is 20.4 Å². The second kappa shape index (κ2) is 6.36. The number of anilines is 1. The van der Waals surface area contributed by atoms with Crippen LogP contribution in [0.15, 0.2) is 24.3 Å². The van der Waals surface area contributed by atoms with Crippen molar-refractivity contribution >= 4 is 35.1 Å². The fraction of sp³-hybridized carbons (Fsp3) is 0.0909. The van der Waals surface area contributed by atoms with Crippen LogP contribution in [-0.2, 0) is 0 Å². The van der Waals surface area contributed by atoms with Crippen LogP contribution < -0.4 is 15.6 Å². The fourth-order valence-corrected chi connectivity index (χ4v) is 1.67. The van der Waals surface area contributed by atoms with E-state index in [1.54, 1.807) is 31.4 Å².